The molecular weight excluding hydrogens is 459 g/mol. The Kier molecular flexibility index (Phi) is 13.6. The molecule has 0 N–H and O–H groups in total. The van der Waals surface area contributed by atoms with Gasteiger partial charge in [0.05, 0.1) is 0 Å². The molecule has 0 aliphatic heterocycles. The Morgan fingerprint density at radius 1 is 1.22 bits per heavy atom. The van der Waals surface area contributed by atoms with Crippen LogP contribution < -0.4 is 0 Å². The fourth-order valence-electron chi connectivity index (χ4n) is 3.55. The minimum absolute atomic E-state index is 0.215. The minimum atomic E-state index is -0.553. The topological polar surface area (TPSA) is 44.1 Å². The van der Waals surface area contributed by atoms with Crippen molar-refractivity contribution in [1.29, 1.82) is 5.26 Å². The van der Waals surface area contributed by atoms with E-state index < -0.39 is 5.78 Å². The number of aryl methyl sites for hydroxylation is 1. The van der Waals surface area contributed by atoms with Gasteiger partial charge in [0.2, 0.25) is 0 Å². The Hall–Kier alpha value is -3.71. The predicted octanol–water partition coefficient (Wildman–Crippen LogP) is 8.44. The quantitative estimate of drug-likeness (QED) is 0.146. The number of nitrogens with zero attached hydrogens (tertiary/aromatic N) is 2. The zero-order valence-electron chi connectivity index (χ0n) is 23.3. The summed E-state index contributed by atoms with van der Waals surface area (Å²) in [5, 5.41) is 9.03. The average molecular weight is 501 g/mol. The van der Waals surface area contributed by atoms with E-state index in [9.17, 15) is 9.18 Å². The number of carbonyl (C=O) groups excluding carboxylic acids is 1. The van der Waals surface area contributed by atoms with Gasteiger partial charge in [-0.2, -0.15) is 5.26 Å². The molecule has 1 aromatic carbocycles. The van der Waals surface area contributed by atoms with Crippen molar-refractivity contribution in [2.75, 3.05) is 13.1 Å². The fourth-order valence-corrected chi connectivity index (χ4v) is 3.55. The molecule has 0 aliphatic carbocycles. The average Bonchev–Trinajstić information content (AvgIpc) is 2.86. The van der Waals surface area contributed by atoms with Gasteiger partial charge in [-0.15, -0.1) is 0 Å². The number of ketones is 1. The Bertz CT molecular complexity index is 1170. The van der Waals surface area contributed by atoms with Crippen LogP contribution in [0.4, 0.5) is 4.39 Å². The van der Waals surface area contributed by atoms with Gasteiger partial charge in [-0.1, -0.05) is 74.6 Å². The number of carbonyl (C=O) groups is 1. The maximum atomic E-state index is 13.9. The molecule has 0 radical (unpaired) electrons. The second-order valence-corrected chi connectivity index (χ2v) is 9.44. The molecule has 1 rings (SSSR count). The Morgan fingerprint density at radius 3 is 2.46 bits per heavy atom. The normalized spacial score (nSPS) is 13.2. The van der Waals surface area contributed by atoms with Crippen LogP contribution in [-0.4, -0.2) is 23.8 Å². The van der Waals surface area contributed by atoms with Crippen molar-refractivity contribution >= 4 is 11.4 Å². The van der Waals surface area contributed by atoms with Crippen molar-refractivity contribution in [3.05, 3.63) is 113 Å². The third-order valence-corrected chi connectivity index (χ3v) is 6.20. The lowest BCUT2D eigenvalue weighted by Crippen LogP contribution is -2.18. The molecule has 0 heterocycles. The molecule has 0 unspecified atom stereocenters. The first-order valence-corrected chi connectivity index (χ1v) is 12.7. The molecule has 3 nitrogen and oxygen atoms in total. The maximum absolute atomic E-state index is 13.9. The zero-order chi connectivity index (χ0) is 28.0. The number of nitriles is 1. The second kappa shape index (κ2) is 16.1. The van der Waals surface area contributed by atoms with Crippen molar-refractivity contribution in [3.8, 4) is 6.07 Å². The number of Topliss-reactive ketones (excluding diaryl/α,β-unsaturated/α-hetero) is 1. The largest absolute Gasteiger partial charge is 0.378 e. The molecule has 37 heavy (non-hydrogen) atoms. The van der Waals surface area contributed by atoms with Crippen LogP contribution in [0, 0.1) is 30.0 Å². The number of hydrogen-bond acceptors (Lipinski definition) is 3. The van der Waals surface area contributed by atoms with Crippen LogP contribution in [0.15, 0.2) is 96.3 Å². The highest BCUT2D eigenvalue weighted by Crippen LogP contribution is 2.22. The van der Waals surface area contributed by atoms with E-state index in [1.54, 1.807) is 25.1 Å². The number of benzene rings is 1. The number of allylic oxidation sites excluding steroid dienone is 11. The molecule has 0 aromatic heterocycles. The maximum Gasteiger partial charge on any atom is 0.262 e. The highest BCUT2D eigenvalue weighted by atomic mass is 19.1. The van der Waals surface area contributed by atoms with E-state index >= 15 is 0 Å². The summed E-state index contributed by atoms with van der Waals surface area (Å²) in [6.45, 7) is 21.4. The van der Waals surface area contributed by atoms with Gasteiger partial charge in [-0.3, -0.25) is 4.79 Å². The van der Waals surface area contributed by atoms with Crippen molar-refractivity contribution in [1.82, 2.24) is 4.90 Å². The van der Waals surface area contributed by atoms with E-state index in [0.29, 0.717) is 11.1 Å². The van der Waals surface area contributed by atoms with E-state index in [0.717, 1.165) is 53.8 Å². The van der Waals surface area contributed by atoms with Gasteiger partial charge in [0.15, 0.2) is 0 Å². The number of halogens is 1. The highest BCUT2D eigenvalue weighted by molar-refractivity contribution is 6.09. The molecule has 1 aromatic rings. The van der Waals surface area contributed by atoms with E-state index in [1.165, 1.54) is 12.1 Å². The van der Waals surface area contributed by atoms with Crippen LogP contribution in [-0.2, 0) is 4.79 Å². The Labute approximate surface area is 223 Å². The first kappa shape index (κ1) is 31.3. The highest BCUT2D eigenvalue weighted by Gasteiger charge is 2.10. The van der Waals surface area contributed by atoms with E-state index in [-0.39, 0.29) is 11.7 Å². The van der Waals surface area contributed by atoms with E-state index in [4.69, 9.17) is 5.26 Å². The number of hydrogen-bond donors (Lipinski definition) is 0. The second-order valence-electron chi connectivity index (χ2n) is 9.44. The van der Waals surface area contributed by atoms with E-state index in [1.807, 2.05) is 38.1 Å². The van der Waals surface area contributed by atoms with Gasteiger partial charge >= 0.3 is 0 Å². The van der Waals surface area contributed by atoms with Gasteiger partial charge in [0.25, 0.3) is 5.78 Å². The van der Waals surface area contributed by atoms with Crippen LogP contribution >= 0.6 is 0 Å². The molecule has 4 heteroatoms. The van der Waals surface area contributed by atoms with Gasteiger partial charge in [0.1, 0.15) is 11.9 Å². The smallest absolute Gasteiger partial charge is 0.262 e. The van der Waals surface area contributed by atoms with Crippen molar-refractivity contribution < 1.29 is 9.18 Å². The lowest BCUT2D eigenvalue weighted by atomic mass is 9.94. The van der Waals surface area contributed by atoms with Crippen LogP contribution in [0.5, 0.6) is 0 Å². The molecule has 0 saturated heterocycles. The molecule has 0 spiro atoms. The summed E-state index contributed by atoms with van der Waals surface area (Å²) in [6.07, 6.45) is 14.9. The van der Waals surface area contributed by atoms with Gasteiger partial charge in [-0.05, 0) is 93.1 Å². The zero-order valence-corrected chi connectivity index (χ0v) is 23.3. The van der Waals surface area contributed by atoms with Crippen LogP contribution in [0.2, 0.25) is 0 Å². The third-order valence-electron chi connectivity index (χ3n) is 6.20. The molecule has 0 aliphatic rings. The summed E-state index contributed by atoms with van der Waals surface area (Å²) in [6, 6.07) is 6.87. The molecule has 196 valence electrons. The SMILES string of the molecule is C=C/C=C(\C=C(\CCCN(/C=C/C(=C\C=C(/C)C(=C)C)c1ccc(F)c(C)c1)CC)C(C)C)C(=O)C#N. The summed E-state index contributed by atoms with van der Waals surface area (Å²) in [7, 11) is 0. The Balaban J connectivity index is 3.12. The summed E-state index contributed by atoms with van der Waals surface area (Å²) < 4.78 is 13.9. The summed E-state index contributed by atoms with van der Waals surface area (Å²) in [5.74, 6) is -0.514. The standard InChI is InChI=1S/C33H41FN2O/c1-9-12-31(33(37)23-35)22-29(25(5)6)13-11-19-36(10-2)20-18-28(15-14-26(7)24(3)4)30-16-17-32(34)27(8)21-30/h9,12,14-18,20-22,25H,1,3,10-11,13,19H2,2,4-8H3/b20-18+,26-14+,28-15+,29-22-,31-12+. The molecule has 0 saturated carbocycles. The summed E-state index contributed by atoms with van der Waals surface area (Å²) in [5.41, 5.74) is 6.13. The summed E-state index contributed by atoms with van der Waals surface area (Å²) in [4.78, 5) is 14.2. The molecule has 0 fully saturated rings. The summed E-state index contributed by atoms with van der Waals surface area (Å²) >= 11 is 0. The predicted molar refractivity (Wildman–Crippen MR) is 155 cm³/mol. The molecule has 0 bridgehead atoms. The third kappa shape index (κ3) is 10.8. The monoisotopic (exact) mass is 500 g/mol. The van der Waals surface area contributed by atoms with Gasteiger partial charge < -0.3 is 4.90 Å². The van der Waals surface area contributed by atoms with Gasteiger partial charge in [0, 0.05) is 18.7 Å². The van der Waals surface area contributed by atoms with Gasteiger partial charge in [-0.25, -0.2) is 4.39 Å². The van der Waals surface area contributed by atoms with Crippen molar-refractivity contribution in [2.45, 2.75) is 54.4 Å². The van der Waals surface area contributed by atoms with Crippen molar-refractivity contribution in [2.24, 2.45) is 5.92 Å². The lowest BCUT2D eigenvalue weighted by Gasteiger charge is -2.20. The van der Waals surface area contributed by atoms with Crippen LogP contribution in [0.1, 0.15) is 58.6 Å². The molecule has 0 amide bonds. The molecular formula is C33H41FN2O. The van der Waals surface area contributed by atoms with Crippen molar-refractivity contribution in [3.63, 3.8) is 0 Å². The first-order chi connectivity index (χ1) is 17.5. The number of rotatable bonds is 14. The van der Waals surface area contributed by atoms with Crippen LogP contribution in [0.3, 0.4) is 0 Å². The fraction of sp³-hybridized carbons (Fsp3) is 0.333. The minimum Gasteiger partial charge on any atom is -0.378 e. The molecule has 0 atom stereocenters. The van der Waals surface area contributed by atoms with Crippen LogP contribution in [0.25, 0.3) is 5.57 Å². The lowest BCUT2D eigenvalue weighted by molar-refractivity contribution is -0.110. The Morgan fingerprint density at radius 2 is 1.92 bits per heavy atom. The first-order valence-electron chi connectivity index (χ1n) is 12.7. The van der Waals surface area contributed by atoms with E-state index in [2.05, 4.69) is 51.1 Å².